The molecule has 0 atom stereocenters. The maximum Gasteiger partial charge on any atom is 0.313 e. The molecule has 2 rings (SSSR count). The van der Waals surface area contributed by atoms with Gasteiger partial charge in [-0.3, -0.25) is 4.79 Å². The molecule has 5 nitrogen and oxygen atoms in total. The fourth-order valence-electron chi connectivity index (χ4n) is 2.25. The molecule has 0 spiro atoms. The number of fused-ring (bicyclic) bond motifs is 1. The number of aromatic nitrogens is 2. The Morgan fingerprint density at radius 3 is 2.86 bits per heavy atom. The van der Waals surface area contributed by atoms with E-state index in [9.17, 15) is 9.18 Å². The molecule has 21 heavy (non-hydrogen) atoms. The smallest absolute Gasteiger partial charge is 0.313 e. The molecule has 0 saturated carbocycles. The Morgan fingerprint density at radius 2 is 2.24 bits per heavy atom. The van der Waals surface area contributed by atoms with Gasteiger partial charge in [0.1, 0.15) is 5.82 Å². The second kappa shape index (κ2) is 6.03. The van der Waals surface area contributed by atoms with Gasteiger partial charge in [0, 0.05) is 7.11 Å². The third kappa shape index (κ3) is 3.36. The molecule has 1 aromatic heterocycles. The van der Waals surface area contributed by atoms with E-state index in [0.717, 1.165) is 11.8 Å². The first-order valence-corrected chi connectivity index (χ1v) is 7.36. The monoisotopic (exact) mass is 312 g/mol. The molecule has 0 radical (unpaired) electrons. The Labute approximate surface area is 126 Å². The van der Waals surface area contributed by atoms with Crippen LogP contribution in [0, 0.1) is 5.82 Å². The second-order valence-electron chi connectivity index (χ2n) is 5.29. The Kier molecular flexibility index (Phi) is 4.53. The van der Waals surface area contributed by atoms with Crippen molar-refractivity contribution in [2.45, 2.75) is 24.5 Å². The van der Waals surface area contributed by atoms with Crippen LogP contribution in [0.1, 0.15) is 13.8 Å². The highest BCUT2D eigenvalue weighted by atomic mass is 32.2. The lowest BCUT2D eigenvalue weighted by Crippen LogP contribution is -2.32. The number of methoxy groups -OCH3 is 1. The van der Waals surface area contributed by atoms with E-state index in [2.05, 4.69) is 4.98 Å². The predicted octanol–water partition coefficient (Wildman–Crippen LogP) is 2.73. The van der Waals surface area contributed by atoms with Gasteiger partial charge in [0.05, 0.1) is 28.9 Å². The molecule has 0 fully saturated rings. The number of hydrogen-bond acceptors (Lipinski definition) is 4. The number of carboxylic acids is 1. The summed E-state index contributed by atoms with van der Waals surface area (Å²) in [5.74, 6) is -1.38. The van der Waals surface area contributed by atoms with Crippen molar-refractivity contribution in [2.75, 3.05) is 19.5 Å². The van der Waals surface area contributed by atoms with Gasteiger partial charge in [-0.05, 0) is 32.0 Å². The molecule has 0 amide bonds. The van der Waals surface area contributed by atoms with Crippen molar-refractivity contribution in [1.82, 2.24) is 9.55 Å². The third-order valence-corrected chi connectivity index (χ3v) is 3.94. The molecule has 1 N–H and O–H groups in total. The summed E-state index contributed by atoms with van der Waals surface area (Å²) in [6, 6.07) is 4.34. The van der Waals surface area contributed by atoms with Crippen LogP contribution in [0.25, 0.3) is 11.0 Å². The maximum absolute atomic E-state index is 13.5. The highest BCUT2D eigenvalue weighted by Gasteiger charge is 2.27. The molecular weight excluding hydrogens is 295 g/mol. The first-order chi connectivity index (χ1) is 9.85. The minimum absolute atomic E-state index is 0.102. The van der Waals surface area contributed by atoms with Crippen molar-refractivity contribution in [2.24, 2.45) is 0 Å². The number of thioether (sulfide) groups is 1. The first kappa shape index (κ1) is 15.8. The van der Waals surface area contributed by atoms with E-state index in [-0.39, 0.29) is 11.6 Å². The zero-order valence-corrected chi connectivity index (χ0v) is 12.9. The van der Waals surface area contributed by atoms with E-state index >= 15 is 0 Å². The van der Waals surface area contributed by atoms with Crippen LogP contribution in [-0.2, 0) is 15.1 Å². The normalized spacial score (nSPS) is 12.0. The first-order valence-electron chi connectivity index (χ1n) is 6.37. The van der Waals surface area contributed by atoms with Gasteiger partial charge in [0.2, 0.25) is 0 Å². The second-order valence-corrected chi connectivity index (χ2v) is 6.23. The van der Waals surface area contributed by atoms with Gasteiger partial charge in [-0.2, -0.15) is 0 Å². The van der Waals surface area contributed by atoms with Gasteiger partial charge in [-0.15, -0.1) is 0 Å². The number of carbonyl (C=O) groups is 1. The molecule has 1 heterocycles. The zero-order valence-electron chi connectivity index (χ0n) is 12.1. The molecule has 2 aromatic rings. The van der Waals surface area contributed by atoms with Crippen LogP contribution < -0.4 is 0 Å². The standard InChI is InChI=1S/C14H17FN2O3S/c1-14(2,8-20-3)17-11-6-9(15)4-5-10(11)16-13(17)21-7-12(18)19/h4-6H,7-8H2,1-3H3,(H,18,19). The number of rotatable bonds is 6. The Hall–Kier alpha value is -1.60. The van der Waals surface area contributed by atoms with Gasteiger partial charge in [-0.25, -0.2) is 9.37 Å². The van der Waals surface area contributed by atoms with E-state index in [1.165, 1.54) is 12.1 Å². The highest BCUT2D eigenvalue weighted by Crippen LogP contribution is 2.31. The zero-order chi connectivity index (χ0) is 15.6. The van der Waals surface area contributed by atoms with Gasteiger partial charge >= 0.3 is 5.97 Å². The Balaban J connectivity index is 2.58. The van der Waals surface area contributed by atoms with Crippen LogP contribution in [0.2, 0.25) is 0 Å². The van der Waals surface area contributed by atoms with Crippen molar-refractivity contribution in [3.63, 3.8) is 0 Å². The van der Waals surface area contributed by atoms with Gasteiger partial charge in [-0.1, -0.05) is 11.8 Å². The topological polar surface area (TPSA) is 64.3 Å². The molecule has 0 saturated heterocycles. The average molecular weight is 312 g/mol. The van der Waals surface area contributed by atoms with Crippen molar-refractivity contribution < 1.29 is 19.0 Å². The molecule has 7 heteroatoms. The summed E-state index contributed by atoms with van der Waals surface area (Å²) in [6.07, 6.45) is 0. The SMILES string of the molecule is COCC(C)(C)n1c(SCC(=O)O)nc2ccc(F)cc21. The fourth-order valence-corrected chi connectivity index (χ4v) is 3.14. The average Bonchev–Trinajstić information content (AvgIpc) is 2.74. The van der Waals surface area contributed by atoms with Crippen molar-refractivity contribution in [1.29, 1.82) is 0 Å². The lowest BCUT2D eigenvalue weighted by Gasteiger charge is -2.28. The van der Waals surface area contributed by atoms with E-state index in [4.69, 9.17) is 9.84 Å². The van der Waals surface area contributed by atoms with Crippen LogP contribution in [0.4, 0.5) is 4.39 Å². The highest BCUT2D eigenvalue weighted by molar-refractivity contribution is 7.99. The number of nitrogens with zero attached hydrogens (tertiary/aromatic N) is 2. The van der Waals surface area contributed by atoms with Crippen molar-refractivity contribution >= 4 is 28.8 Å². The van der Waals surface area contributed by atoms with E-state index < -0.39 is 11.5 Å². The van der Waals surface area contributed by atoms with Crippen LogP contribution in [0.15, 0.2) is 23.4 Å². The number of benzene rings is 1. The molecule has 0 aliphatic carbocycles. The lowest BCUT2D eigenvalue weighted by molar-refractivity contribution is -0.133. The van der Waals surface area contributed by atoms with Crippen LogP contribution in [-0.4, -0.2) is 40.1 Å². The summed E-state index contributed by atoms with van der Waals surface area (Å²) in [5.41, 5.74) is 0.788. The van der Waals surface area contributed by atoms with Crippen molar-refractivity contribution in [3.05, 3.63) is 24.0 Å². The fraction of sp³-hybridized carbons (Fsp3) is 0.429. The van der Waals surface area contributed by atoms with E-state index in [0.29, 0.717) is 22.8 Å². The molecule has 1 aromatic carbocycles. The lowest BCUT2D eigenvalue weighted by atomic mass is 10.1. The number of hydrogen-bond donors (Lipinski definition) is 1. The summed E-state index contributed by atoms with van der Waals surface area (Å²) in [7, 11) is 1.59. The minimum Gasteiger partial charge on any atom is -0.481 e. The summed E-state index contributed by atoms with van der Waals surface area (Å²) in [6.45, 7) is 4.27. The summed E-state index contributed by atoms with van der Waals surface area (Å²) in [4.78, 5) is 15.2. The molecule has 0 aliphatic rings. The largest absolute Gasteiger partial charge is 0.481 e. The number of carboxylic acid groups (broad SMARTS) is 1. The van der Waals surface area contributed by atoms with Gasteiger partial charge in [0.25, 0.3) is 0 Å². The molecule has 0 unspecified atom stereocenters. The molecule has 0 bridgehead atoms. The molecule has 114 valence electrons. The summed E-state index contributed by atoms with van der Waals surface area (Å²) >= 11 is 1.11. The minimum atomic E-state index is -0.922. The van der Waals surface area contributed by atoms with E-state index in [1.807, 2.05) is 18.4 Å². The molecular formula is C14H17FN2O3S. The van der Waals surface area contributed by atoms with Crippen LogP contribution >= 0.6 is 11.8 Å². The van der Waals surface area contributed by atoms with Crippen LogP contribution in [0.5, 0.6) is 0 Å². The Morgan fingerprint density at radius 1 is 1.52 bits per heavy atom. The number of aliphatic carboxylic acids is 1. The summed E-state index contributed by atoms with van der Waals surface area (Å²) < 4.78 is 20.6. The van der Waals surface area contributed by atoms with Gasteiger partial charge < -0.3 is 14.4 Å². The number of imidazole rings is 1. The molecule has 0 aliphatic heterocycles. The van der Waals surface area contributed by atoms with Crippen molar-refractivity contribution in [3.8, 4) is 0 Å². The summed E-state index contributed by atoms with van der Waals surface area (Å²) in [5, 5.41) is 9.39. The quantitative estimate of drug-likeness (QED) is 0.831. The third-order valence-electron chi connectivity index (χ3n) is 3.01. The van der Waals surface area contributed by atoms with Crippen LogP contribution in [0.3, 0.4) is 0 Å². The van der Waals surface area contributed by atoms with E-state index in [1.54, 1.807) is 13.2 Å². The Bertz CT molecular complexity index is 670. The predicted molar refractivity (Wildman–Crippen MR) is 79.2 cm³/mol. The van der Waals surface area contributed by atoms with Gasteiger partial charge in [0.15, 0.2) is 5.16 Å². The number of halogens is 1. The number of ether oxygens (including phenoxy) is 1. The maximum atomic E-state index is 13.5.